The van der Waals surface area contributed by atoms with Crippen LogP contribution in [0.15, 0.2) is 24.3 Å². The Hall–Kier alpha value is -3.07. The van der Waals surface area contributed by atoms with Crippen LogP contribution in [-0.4, -0.2) is 72.8 Å². The van der Waals surface area contributed by atoms with Gasteiger partial charge in [0.1, 0.15) is 11.3 Å². The van der Waals surface area contributed by atoms with Crippen LogP contribution in [0.2, 0.25) is 0 Å². The van der Waals surface area contributed by atoms with E-state index >= 15 is 0 Å². The highest BCUT2D eigenvalue weighted by atomic mass is 16.6. The van der Waals surface area contributed by atoms with Gasteiger partial charge in [-0.15, -0.1) is 0 Å². The molecule has 2 aromatic rings. The lowest BCUT2D eigenvalue weighted by Gasteiger charge is -2.26. The predicted molar refractivity (Wildman–Crippen MR) is 112 cm³/mol. The second-order valence-electron chi connectivity index (χ2n) is 8.07. The van der Waals surface area contributed by atoms with E-state index in [1.54, 1.807) is 49.9 Å². The van der Waals surface area contributed by atoms with Crippen LogP contribution in [0.25, 0.3) is 10.9 Å². The molecule has 0 aliphatic carbocycles. The number of hydrogen-bond acceptors (Lipinski definition) is 5. The molecule has 0 bridgehead atoms. The van der Waals surface area contributed by atoms with Gasteiger partial charge in [-0.2, -0.15) is 0 Å². The molecule has 30 heavy (non-hydrogen) atoms. The van der Waals surface area contributed by atoms with Crippen molar-refractivity contribution in [3.63, 3.8) is 0 Å². The summed E-state index contributed by atoms with van der Waals surface area (Å²) in [6.07, 6.45) is -0.528. The number of aromatic amines is 1. The van der Waals surface area contributed by atoms with Crippen LogP contribution >= 0.6 is 0 Å². The lowest BCUT2D eigenvalue weighted by Crippen LogP contribution is -2.40. The number of morpholine rings is 1. The Morgan fingerprint density at radius 1 is 1.10 bits per heavy atom. The number of carbonyl (C=O) groups is 3. The number of hydrogen-bond donors (Lipinski definition) is 3. The first-order chi connectivity index (χ1) is 14.2. The van der Waals surface area contributed by atoms with Crippen LogP contribution in [-0.2, 0) is 9.47 Å². The summed E-state index contributed by atoms with van der Waals surface area (Å²) in [6, 6.07) is 7.04. The summed E-state index contributed by atoms with van der Waals surface area (Å²) >= 11 is 0. The third-order valence-electron chi connectivity index (χ3n) is 4.49. The van der Waals surface area contributed by atoms with Crippen LogP contribution in [0, 0.1) is 0 Å². The maximum absolute atomic E-state index is 12.6. The number of rotatable bonds is 5. The summed E-state index contributed by atoms with van der Waals surface area (Å²) in [4.78, 5) is 41.4. The van der Waals surface area contributed by atoms with E-state index in [0.29, 0.717) is 37.6 Å². The lowest BCUT2D eigenvalue weighted by molar-refractivity contribution is 0.0303. The number of aromatic nitrogens is 1. The number of H-pyrrole nitrogens is 1. The minimum atomic E-state index is -0.570. The Labute approximate surface area is 175 Å². The summed E-state index contributed by atoms with van der Waals surface area (Å²) in [7, 11) is 0. The van der Waals surface area contributed by atoms with E-state index in [1.807, 2.05) is 0 Å². The van der Waals surface area contributed by atoms with Crippen LogP contribution in [0.5, 0.6) is 0 Å². The molecular formula is C21H28N4O5. The van der Waals surface area contributed by atoms with Crippen LogP contribution in [0.4, 0.5) is 4.79 Å². The Morgan fingerprint density at radius 2 is 1.80 bits per heavy atom. The third kappa shape index (κ3) is 5.73. The lowest BCUT2D eigenvalue weighted by atomic mass is 10.1. The van der Waals surface area contributed by atoms with Gasteiger partial charge in [0.15, 0.2) is 0 Å². The van der Waals surface area contributed by atoms with Crippen molar-refractivity contribution < 1.29 is 23.9 Å². The van der Waals surface area contributed by atoms with Crippen LogP contribution < -0.4 is 10.6 Å². The van der Waals surface area contributed by atoms with E-state index in [4.69, 9.17) is 9.47 Å². The predicted octanol–water partition coefficient (Wildman–Crippen LogP) is 1.89. The highest BCUT2D eigenvalue weighted by molar-refractivity contribution is 6.01. The molecule has 0 saturated carbocycles. The summed E-state index contributed by atoms with van der Waals surface area (Å²) in [6.45, 7) is 8.10. The quantitative estimate of drug-likeness (QED) is 0.645. The molecule has 0 spiro atoms. The average Bonchev–Trinajstić information content (AvgIpc) is 3.13. The first kappa shape index (κ1) is 21.6. The fourth-order valence-corrected chi connectivity index (χ4v) is 3.09. The van der Waals surface area contributed by atoms with Gasteiger partial charge in [0.25, 0.3) is 11.8 Å². The molecule has 0 atom stereocenters. The van der Waals surface area contributed by atoms with Crippen LogP contribution in [0.3, 0.4) is 0 Å². The van der Waals surface area contributed by atoms with Gasteiger partial charge < -0.3 is 30.0 Å². The third-order valence-corrected chi connectivity index (χ3v) is 4.49. The van der Waals surface area contributed by atoms with Crippen molar-refractivity contribution in [3.8, 4) is 0 Å². The molecule has 3 rings (SSSR count). The first-order valence-corrected chi connectivity index (χ1v) is 9.98. The van der Waals surface area contributed by atoms with Gasteiger partial charge in [0, 0.05) is 42.6 Å². The fourth-order valence-electron chi connectivity index (χ4n) is 3.09. The van der Waals surface area contributed by atoms with Gasteiger partial charge in [-0.3, -0.25) is 9.59 Å². The fraction of sp³-hybridized carbons (Fsp3) is 0.476. The number of fused-ring (bicyclic) bond motifs is 1. The van der Waals surface area contributed by atoms with Crippen molar-refractivity contribution in [2.24, 2.45) is 0 Å². The zero-order chi connectivity index (χ0) is 21.7. The molecule has 9 nitrogen and oxygen atoms in total. The van der Waals surface area contributed by atoms with Gasteiger partial charge in [0.05, 0.1) is 13.2 Å². The number of benzene rings is 1. The number of carbonyl (C=O) groups excluding carboxylic acids is 3. The number of amides is 3. The maximum atomic E-state index is 12.6. The molecule has 9 heteroatoms. The summed E-state index contributed by atoms with van der Waals surface area (Å²) in [5.74, 6) is -0.334. The van der Waals surface area contributed by atoms with Crippen molar-refractivity contribution >= 4 is 28.8 Å². The molecule has 162 valence electrons. The monoisotopic (exact) mass is 416 g/mol. The summed E-state index contributed by atoms with van der Waals surface area (Å²) in [5, 5.41) is 6.11. The van der Waals surface area contributed by atoms with E-state index in [2.05, 4.69) is 15.6 Å². The molecule has 2 heterocycles. The van der Waals surface area contributed by atoms with Gasteiger partial charge in [0.2, 0.25) is 0 Å². The molecule has 3 N–H and O–H groups in total. The number of nitrogens with zero attached hydrogens (tertiary/aromatic N) is 1. The highest BCUT2D eigenvalue weighted by Crippen LogP contribution is 2.19. The van der Waals surface area contributed by atoms with E-state index in [9.17, 15) is 14.4 Å². The van der Waals surface area contributed by atoms with E-state index in [-0.39, 0.29) is 24.9 Å². The Balaban J connectivity index is 1.55. The molecule has 1 aliphatic heterocycles. The van der Waals surface area contributed by atoms with Crippen molar-refractivity contribution in [1.82, 2.24) is 20.5 Å². The zero-order valence-electron chi connectivity index (χ0n) is 17.5. The van der Waals surface area contributed by atoms with Gasteiger partial charge in [-0.1, -0.05) is 0 Å². The molecule has 1 aromatic carbocycles. The molecule has 1 aromatic heterocycles. The minimum absolute atomic E-state index is 0.0411. The highest BCUT2D eigenvalue weighted by Gasteiger charge is 2.19. The second-order valence-corrected chi connectivity index (χ2v) is 8.07. The van der Waals surface area contributed by atoms with Crippen molar-refractivity contribution in [2.75, 3.05) is 39.4 Å². The minimum Gasteiger partial charge on any atom is -0.444 e. The van der Waals surface area contributed by atoms with Gasteiger partial charge in [-0.05, 0) is 45.0 Å². The van der Waals surface area contributed by atoms with Crippen molar-refractivity contribution in [1.29, 1.82) is 0 Å². The van der Waals surface area contributed by atoms with Crippen molar-refractivity contribution in [3.05, 3.63) is 35.5 Å². The Morgan fingerprint density at radius 3 is 2.50 bits per heavy atom. The SMILES string of the molecule is CC(C)(C)OC(=O)NCCNC(=O)c1cc2cc(C(=O)N3CCOCC3)ccc2[nH]1. The number of ether oxygens (including phenoxy) is 2. The second kappa shape index (κ2) is 9.17. The van der Waals surface area contributed by atoms with E-state index in [0.717, 1.165) is 10.9 Å². The molecule has 1 fully saturated rings. The average molecular weight is 416 g/mol. The smallest absolute Gasteiger partial charge is 0.407 e. The van der Waals surface area contributed by atoms with Gasteiger partial charge in [-0.25, -0.2) is 4.79 Å². The zero-order valence-corrected chi connectivity index (χ0v) is 17.5. The normalized spacial score (nSPS) is 14.4. The maximum Gasteiger partial charge on any atom is 0.407 e. The van der Waals surface area contributed by atoms with Gasteiger partial charge >= 0.3 is 6.09 Å². The Kier molecular flexibility index (Phi) is 6.61. The molecule has 0 radical (unpaired) electrons. The Bertz CT molecular complexity index is 925. The first-order valence-electron chi connectivity index (χ1n) is 9.98. The van der Waals surface area contributed by atoms with E-state index < -0.39 is 11.7 Å². The standard InChI is InChI=1S/C21H28N4O5/c1-21(2,3)30-20(28)23-7-6-22-18(26)17-13-15-12-14(4-5-16(15)24-17)19(27)25-8-10-29-11-9-25/h4-5,12-13,24H,6-11H2,1-3H3,(H,22,26)(H,23,28). The molecule has 0 unspecified atom stereocenters. The molecule has 3 amide bonds. The number of nitrogens with one attached hydrogen (secondary N) is 3. The van der Waals surface area contributed by atoms with Crippen LogP contribution in [0.1, 0.15) is 41.6 Å². The van der Waals surface area contributed by atoms with Crippen molar-refractivity contribution in [2.45, 2.75) is 26.4 Å². The molecule has 1 saturated heterocycles. The van der Waals surface area contributed by atoms with E-state index in [1.165, 1.54) is 0 Å². The number of alkyl carbamates (subject to hydrolysis) is 1. The molecular weight excluding hydrogens is 388 g/mol. The summed E-state index contributed by atoms with van der Waals surface area (Å²) in [5.41, 5.74) is 1.17. The molecule has 1 aliphatic rings. The summed E-state index contributed by atoms with van der Waals surface area (Å²) < 4.78 is 10.4. The topological polar surface area (TPSA) is 113 Å². The largest absolute Gasteiger partial charge is 0.444 e.